The minimum atomic E-state index is -0.745. The Morgan fingerprint density at radius 3 is 2.53 bits per heavy atom. The molecule has 0 atom stereocenters. The molecule has 2 aliphatic rings. The molecule has 34 heavy (non-hydrogen) atoms. The maximum atomic E-state index is 13.2. The van der Waals surface area contributed by atoms with Crippen molar-refractivity contribution in [2.45, 2.75) is 19.9 Å². The summed E-state index contributed by atoms with van der Waals surface area (Å²) in [5, 5.41) is 3.03. The Bertz CT molecular complexity index is 1360. The summed E-state index contributed by atoms with van der Waals surface area (Å²) in [5.41, 5.74) is 5.18. The minimum Gasteiger partial charge on any atom is -0.367 e. The normalized spacial score (nSPS) is 16.8. The van der Waals surface area contributed by atoms with Gasteiger partial charge in [0, 0.05) is 23.8 Å². The van der Waals surface area contributed by atoms with E-state index in [0.29, 0.717) is 12.2 Å². The van der Waals surface area contributed by atoms with E-state index in [0.717, 1.165) is 50.8 Å². The summed E-state index contributed by atoms with van der Waals surface area (Å²) < 4.78 is 0. The summed E-state index contributed by atoms with van der Waals surface area (Å²) >= 11 is 6.33. The highest BCUT2D eigenvalue weighted by atomic mass is 35.5. The van der Waals surface area contributed by atoms with Gasteiger partial charge in [-0.25, -0.2) is 9.69 Å². The third-order valence-electron chi connectivity index (χ3n) is 6.18. The molecular weight excluding hydrogens is 450 g/mol. The lowest BCUT2D eigenvalue weighted by molar-refractivity contribution is -0.122. The van der Waals surface area contributed by atoms with E-state index in [1.54, 1.807) is 18.2 Å². The minimum absolute atomic E-state index is 0.0753. The summed E-state index contributed by atoms with van der Waals surface area (Å²) in [6, 6.07) is 20.0. The number of halogens is 1. The van der Waals surface area contributed by atoms with E-state index in [4.69, 9.17) is 11.6 Å². The zero-order chi connectivity index (χ0) is 23.8. The van der Waals surface area contributed by atoms with Crippen LogP contribution in [-0.2, 0) is 22.6 Å². The zero-order valence-corrected chi connectivity index (χ0v) is 19.3. The smallest absolute Gasteiger partial charge is 0.335 e. The molecule has 4 amide bonds. The molecule has 2 heterocycles. The molecule has 0 spiro atoms. The highest BCUT2D eigenvalue weighted by Gasteiger charge is 2.37. The molecule has 0 saturated carbocycles. The Morgan fingerprint density at radius 1 is 0.971 bits per heavy atom. The number of nitrogens with zero attached hydrogens (tertiary/aromatic N) is 2. The van der Waals surface area contributed by atoms with Crippen molar-refractivity contribution < 1.29 is 14.4 Å². The number of nitrogens with one attached hydrogen (secondary N) is 1. The number of carbonyl (C=O) groups is 3. The standard InChI is InChI=1S/C27H22ClN3O3/c1-17-6-2-5-9-23(17)31-26(33)21(25(32)29-27(31)34)15-18-10-11-24-19(14-18)12-13-30(24)16-20-7-3-4-8-22(20)28/h2-11,14-15H,12-13,16H2,1H3,(H,29,32,34). The van der Waals surface area contributed by atoms with Crippen molar-refractivity contribution in [1.29, 1.82) is 0 Å². The molecule has 0 aliphatic carbocycles. The molecule has 1 saturated heterocycles. The number of anilines is 2. The van der Waals surface area contributed by atoms with E-state index in [-0.39, 0.29) is 5.57 Å². The number of imide groups is 2. The number of hydrogen-bond acceptors (Lipinski definition) is 4. The summed E-state index contributed by atoms with van der Waals surface area (Å²) in [7, 11) is 0. The Labute approximate surface area is 202 Å². The first-order chi connectivity index (χ1) is 16.4. The fourth-order valence-electron chi connectivity index (χ4n) is 4.43. The number of barbiturate groups is 1. The molecule has 0 unspecified atom stereocenters. The van der Waals surface area contributed by atoms with Crippen molar-refractivity contribution in [2.75, 3.05) is 16.3 Å². The molecule has 6 nitrogen and oxygen atoms in total. The molecule has 1 fully saturated rings. The van der Waals surface area contributed by atoms with Crippen LogP contribution >= 0.6 is 11.6 Å². The Morgan fingerprint density at radius 2 is 1.74 bits per heavy atom. The fourth-order valence-corrected chi connectivity index (χ4v) is 4.63. The SMILES string of the molecule is Cc1ccccc1N1C(=O)NC(=O)C(=Cc2ccc3c(c2)CCN3Cc2ccccc2Cl)C1=O. The monoisotopic (exact) mass is 471 g/mol. The predicted octanol–water partition coefficient (Wildman–Crippen LogP) is 4.88. The number of rotatable bonds is 4. The van der Waals surface area contributed by atoms with Gasteiger partial charge in [-0.05, 0) is 65.9 Å². The number of para-hydroxylation sites is 1. The van der Waals surface area contributed by atoms with Gasteiger partial charge in [0.15, 0.2) is 0 Å². The average molecular weight is 472 g/mol. The van der Waals surface area contributed by atoms with Gasteiger partial charge in [0.25, 0.3) is 11.8 Å². The van der Waals surface area contributed by atoms with E-state index in [1.807, 2.05) is 61.5 Å². The molecule has 0 radical (unpaired) electrons. The first kappa shape index (κ1) is 21.9. The molecule has 2 aliphatic heterocycles. The van der Waals surface area contributed by atoms with Crippen LogP contribution in [-0.4, -0.2) is 24.4 Å². The van der Waals surface area contributed by atoms with Gasteiger partial charge in [0.1, 0.15) is 5.57 Å². The molecule has 3 aromatic rings. The molecule has 0 aromatic heterocycles. The predicted molar refractivity (Wildman–Crippen MR) is 133 cm³/mol. The maximum Gasteiger partial charge on any atom is 0.335 e. The third-order valence-corrected chi connectivity index (χ3v) is 6.55. The van der Waals surface area contributed by atoms with E-state index in [9.17, 15) is 14.4 Å². The third kappa shape index (κ3) is 3.97. The first-order valence-electron chi connectivity index (χ1n) is 11.0. The fraction of sp³-hybridized carbons (Fsp3) is 0.148. The van der Waals surface area contributed by atoms with Crippen LogP contribution in [0.25, 0.3) is 6.08 Å². The number of aryl methyl sites for hydroxylation is 1. The largest absolute Gasteiger partial charge is 0.367 e. The van der Waals surface area contributed by atoms with Gasteiger partial charge in [0.2, 0.25) is 0 Å². The number of carbonyl (C=O) groups excluding carboxylic acids is 3. The van der Waals surface area contributed by atoms with Crippen LogP contribution in [0, 0.1) is 6.92 Å². The summed E-state index contributed by atoms with van der Waals surface area (Å²) in [6.07, 6.45) is 2.40. The van der Waals surface area contributed by atoms with E-state index in [1.165, 1.54) is 0 Å². The second kappa shape index (κ2) is 8.80. The van der Waals surface area contributed by atoms with Crippen LogP contribution in [0.5, 0.6) is 0 Å². The second-order valence-corrected chi connectivity index (χ2v) is 8.80. The van der Waals surface area contributed by atoms with Gasteiger partial charge in [-0.1, -0.05) is 54.1 Å². The van der Waals surface area contributed by atoms with Crippen LogP contribution in [0.2, 0.25) is 5.02 Å². The van der Waals surface area contributed by atoms with Crippen molar-refractivity contribution in [3.63, 3.8) is 0 Å². The van der Waals surface area contributed by atoms with Crippen molar-refractivity contribution in [3.8, 4) is 0 Å². The van der Waals surface area contributed by atoms with Crippen molar-refractivity contribution in [1.82, 2.24) is 5.32 Å². The van der Waals surface area contributed by atoms with Crippen LogP contribution < -0.4 is 15.1 Å². The zero-order valence-electron chi connectivity index (χ0n) is 18.5. The summed E-state index contributed by atoms with van der Waals surface area (Å²) in [6.45, 7) is 3.38. The molecule has 170 valence electrons. The lowest BCUT2D eigenvalue weighted by Crippen LogP contribution is -2.54. The molecular formula is C27H22ClN3O3. The number of urea groups is 1. The Hall–Kier alpha value is -3.90. The molecule has 3 aromatic carbocycles. The van der Waals surface area contributed by atoms with Crippen molar-refractivity contribution in [3.05, 3.63) is 99.6 Å². The second-order valence-electron chi connectivity index (χ2n) is 8.40. The quantitative estimate of drug-likeness (QED) is 0.435. The van der Waals surface area contributed by atoms with Crippen LogP contribution in [0.15, 0.2) is 72.3 Å². The number of amides is 4. The lowest BCUT2D eigenvalue weighted by atomic mass is 10.0. The van der Waals surface area contributed by atoms with Gasteiger partial charge in [-0.15, -0.1) is 0 Å². The summed E-state index contributed by atoms with van der Waals surface area (Å²) in [5.74, 6) is -1.33. The van der Waals surface area contributed by atoms with Crippen molar-refractivity contribution >= 4 is 46.9 Å². The van der Waals surface area contributed by atoms with Crippen LogP contribution in [0.4, 0.5) is 16.2 Å². The van der Waals surface area contributed by atoms with E-state index in [2.05, 4.69) is 10.2 Å². The number of fused-ring (bicyclic) bond motifs is 1. The molecule has 1 N–H and O–H groups in total. The molecule has 5 rings (SSSR count). The topological polar surface area (TPSA) is 69.7 Å². The van der Waals surface area contributed by atoms with E-state index < -0.39 is 17.8 Å². The Balaban J connectivity index is 1.43. The highest BCUT2D eigenvalue weighted by molar-refractivity contribution is 6.39. The van der Waals surface area contributed by atoms with Gasteiger partial charge >= 0.3 is 6.03 Å². The summed E-state index contributed by atoms with van der Waals surface area (Å²) in [4.78, 5) is 41.5. The van der Waals surface area contributed by atoms with Gasteiger partial charge in [-0.3, -0.25) is 14.9 Å². The molecule has 0 bridgehead atoms. The lowest BCUT2D eigenvalue weighted by Gasteiger charge is -2.27. The van der Waals surface area contributed by atoms with Crippen molar-refractivity contribution in [2.24, 2.45) is 0 Å². The van der Waals surface area contributed by atoms with E-state index >= 15 is 0 Å². The Kier molecular flexibility index (Phi) is 5.67. The maximum absolute atomic E-state index is 13.2. The van der Waals surface area contributed by atoms with Gasteiger partial charge in [0.05, 0.1) is 5.69 Å². The molecule has 7 heteroatoms. The van der Waals surface area contributed by atoms with Gasteiger partial charge in [-0.2, -0.15) is 0 Å². The highest BCUT2D eigenvalue weighted by Crippen LogP contribution is 2.32. The number of hydrogen-bond donors (Lipinski definition) is 1. The van der Waals surface area contributed by atoms with Gasteiger partial charge < -0.3 is 4.90 Å². The first-order valence-corrected chi connectivity index (χ1v) is 11.4. The average Bonchev–Trinajstić information content (AvgIpc) is 3.21. The van der Waals surface area contributed by atoms with Crippen LogP contribution in [0.1, 0.15) is 22.3 Å². The number of benzene rings is 3. The van der Waals surface area contributed by atoms with Crippen LogP contribution in [0.3, 0.4) is 0 Å².